The third-order valence-corrected chi connectivity index (χ3v) is 3.81. The van der Waals surface area contributed by atoms with Crippen molar-refractivity contribution in [2.45, 2.75) is 6.54 Å². The summed E-state index contributed by atoms with van der Waals surface area (Å²) in [6, 6.07) is 6.27. The molecule has 0 saturated heterocycles. The van der Waals surface area contributed by atoms with Crippen molar-refractivity contribution in [3.63, 3.8) is 0 Å². The second-order valence-corrected chi connectivity index (χ2v) is 5.37. The first-order valence-electron chi connectivity index (χ1n) is 5.55. The molecule has 3 N–H and O–H groups in total. The van der Waals surface area contributed by atoms with Crippen LogP contribution >= 0.6 is 27.5 Å². The highest BCUT2D eigenvalue weighted by Gasteiger charge is 2.11. The van der Waals surface area contributed by atoms with E-state index in [1.54, 1.807) is 16.7 Å². The monoisotopic (exact) mass is 356 g/mol. The molecule has 20 heavy (non-hydrogen) atoms. The number of nitrogens with two attached hydrogens (primary N) is 1. The normalized spacial score (nSPS) is 10.5. The first-order chi connectivity index (χ1) is 9.38. The highest BCUT2D eigenvalue weighted by molar-refractivity contribution is 9.10. The Balaban J connectivity index is 2.30. The van der Waals surface area contributed by atoms with Crippen molar-refractivity contribution in [2.75, 3.05) is 0 Å². The maximum atomic E-state index is 11.0. The Morgan fingerprint density at radius 1 is 1.30 bits per heavy atom. The molecule has 1 amide bonds. The average Bonchev–Trinajstić information content (AvgIpc) is 2.73. The van der Waals surface area contributed by atoms with Crippen molar-refractivity contribution >= 4 is 39.4 Å². The molecular formula is C13H10BrClN2O3. The molecule has 0 unspecified atom stereocenters. The summed E-state index contributed by atoms with van der Waals surface area (Å²) in [7, 11) is 0. The van der Waals surface area contributed by atoms with Crippen LogP contribution in [-0.4, -0.2) is 21.6 Å². The molecule has 5 nitrogen and oxygen atoms in total. The third kappa shape index (κ3) is 3.02. The molecular weight excluding hydrogens is 348 g/mol. The van der Waals surface area contributed by atoms with Gasteiger partial charge in [-0.05, 0) is 39.7 Å². The van der Waals surface area contributed by atoms with E-state index in [2.05, 4.69) is 15.9 Å². The number of benzene rings is 1. The van der Waals surface area contributed by atoms with Gasteiger partial charge in [-0.1, -0.05) is 17.7 Å². The molecule has 0 aliphatic rings. The first kappa shape index (κ1) is 14.6. The predicted octanol–water partition coefficient (Wildman–Crippen LogP) is 2.75. The topological polar surface area (TPSA) is 85.3 Å². The van der Waals surface area contributed by atoms with Gasteiger partial charge < -0.3 is 15.4 Å². The van der Waals surface area contributed by atoms with Crippen LogP contribution in [0.1, 0.15) is 26.3 Å². The SMILES string of the molecule is NC(=O)c1ccc(Cn2cc(C(=O)O)cc2Br)c(Cl)c1. The largest absolute Gasteiger partial charge is 0.478 e. The highest BCUT2D eigenvalue weighted by Crippen LogP contribution is 2.22. The Labute approximate surface area is 128 Å². The molecule has 0 aliphatic heterocycles. The summed E-state index contributed by atoms with van der Waals surface area (Å²) >= 11 is 9.38. The number of aromatic nitrogens is 1. The van der Waals surface area contributed by atoms with Crippen LogP contribution < -0.4 is 5.73 Å². The maximum absolute atomic E-state index is 11.0. The van der Waals surface area contributed by atoms with Crippen molar-refractivity contribution in [1.29, 1.82) is 0 Å². The molecule has 0 saturated carbocycles. The lowest BCUT2D eigenvalue weighted by Gasteiger charge is -2.08. The number of carbonyl (C=O) groups excluding carboxylic acids is 1. The number of hydrogen-bond acceptors (Lipinski definition) is 2. The molecule has 2 aromatic rings. The Morgan fingerprint density at radius 3 is 2.50 bits per heavy atom. The first-order valence-corrected chi connectivity index (χ1v) is 6.73. The summed E-state index contributed by atoms with van der Waals surface area (Å²) in [6.45, 7) is 0.381. The van der Waals surface area contributed by atoms with E-state index in [9.17, 15) is 9.59 Å². The van der Waals surface area contributed by atoms with Crippen molar-refractivity contribution in [3.05, 3.63) is 56.8 Å². The average molecular weight is 358 g/mol. The van der Waals surface area contributed by atoms with E-state index in [0.29, 0.717) is 21.7 Å². The Morgan fingerprint density at radius 2 is 2.00 bits per heavy atom. The Kier molecular flexibility index (Phi) is 4.15. The fourth-order valence-electron chi connectivity index (χ4n) is 1.73. The summed E-state index contributed by atoms with van der Waals surface area (Å²) in [4.78, 5) is 21.9. The standard InChI is InChI=1S/C13H10BrClN2O3/c14-11-4-9(13(19)20)6-17(11)5-8-2-1-7(12(16)18)3-10(8)15/h1-4,6H,5H2,(H2,16,18)(H,19,20). The van der Waals surface area contributed by atoms with Gasteiger partial charge in [0.2, 0.25) is 5.91 Å². The molecule has 0 spiro atoms. The van der Waals surface area contributed by atoms with Gasteiger partial charge in [-0.15, -0.1) is 0 Å². The minimum absolute atomic E-state index is 0.182. The van der Waals surface area contributed by atoms with Crippen molar-refractivity contribution < 1.29 is 14.7 Å². The molecule has 0 bridgehead atoms. The zero-order valence-electron chi connectivity index (χ0n) is 10.1. The van der Waals surface area contributed by atoms with E-state index < -0.39 is 11.9 Å². The zero-order valence-corrected chi connectivity index (χ0v) is 12.5. The number of carbonyl (C=O) groups is 2. The number of carboxylic acids is 1. The number of aromatic carboxylic acids is 1. The van der Waals surface area contributed by atoms with Gasteiger partial charge >= 0.3 is 5.97 Å². The van der Waals surface area contributed by atoms with Gasteiger partial charge in [0.1, 0.15) is 0 Å². The maximum Gasteiger partial charge on any atom is 0.337 e. The zero-order chi connectivity index (χ0) is 14.9. The molecule has 0 radical (unpaired) electrons. The van der Waals surface area contributed by atoms with Crippen LogP contribution in [-0.2, 0) is 6.54 Å². The van der Waals surface area contributed by atoms with Crippen LogP contribution in [0.15, 0.2) is 35.1 Å². The lowest BCUT2D eigenvalue weighted by Crippen LogP contribution is -2.11. The van der Waals surface area contributed by atoms with E-state index in [-0.39, 0.29) is 5.56 Å². The molecule has 2 rings (SSSR count). The van der Waals surface area contributed by atoms with Gasteiger partial charge in [0.05, 0.1) is 10.2 Å². The van der Waals surface area contributed by atoms with Crippen LogP contribution in [0.3, 0.4) is 0 Å². The quantitative estimate of drug-likeness (QED) is 0.882. The van der Waals surface area contributed by atoms with E-state index in [0.717, 1.165) is 5.56 Å². The number of nitrogens with zero attached hydrogens (tertiary/aromatic N) is 1. The highest BCUT2D eigenvalue weighted by atomic mass is 79.9. The number of rotatable bonds is 4. The Bertz CT molecular complexity index is 697. The van der Waals surface area contributed by atoms with Crippen molar-refractivity contribution in [1.82, 2.24) is 4.57 Å². The second kappa shape index (κ2) is 5.68. The summed E-state index contributed by atoms with van der Waals surface area (Å²) < 4.78 is 2.33. The molecule has 1 heterocycles. The van der Waals surface area contributed by atoms with E-state index in [1.807, 2.05) is 0 Å². The van der Waals surface area contributed by atoms with Crippen LogP contribution in [0.2, 0.25) is 5.02 Å². The minimum atomic E-state index is -1.00. The Hall–Kier alpha value is -1.79. The van der Waals surface area contributed by atoms with Gasteiger partial charge in [-0.3, -0.25) is 4.79 Å². The van der Waals surface area contributed by atoms with Crippen LogP contribution in [0.4, 0.5) is 0 Å². The lowest BCUT2D eigenvalue weighted by atomic mass is 10.1. The fraction of sp³-hybridized carbons (Fsp3) is 0.0769. The van der Waals surface area contributed by atoms with Gasteiger partial charge in [0.15, 0.2) is 0 Å². The van der Waals surface area contributed by atoms with E-state index in [1.165, 1.54) is 18.3 Å². The fourth-order valence-corrected chi connectivity index (χ4v) is 2.44. The summed E-state index contributed by atoms with van der Waals surface area (Å²) in [5, 5.41) is 9.33. The molecule has 7 heteroatoms. The lowest BCUT2D eigenvalue weighted by molar-refractivity contribution is 0.0696. The van der Waals surface area contributed by atoms with Gasteiger partial charge in [0.25, 0.3) is 0 Å². The predicted molar refractivity (Wildman–Crippen MR) is 78.2 cm³/mol. The summed E-state index contributed by atoms with van der Waals surface area (Å²) in [5.41, 5.74) is 6.44. The number of carboxylic acid groups (broad SMARTS) is 1. The number of amides is 1. The van der Waals surface area contributed by atoms with Gasteiger partial charge in [0, 0.05) is 23.3 Å². The second-order valence-electron chi connectivity index (χ2n) is 4.15. The van der Waals surface area contributed by atoms with Gasteiger partial charge in [-0.25, -0.2) is 4.79 Å². The molecule has 0 fully saturated rings. The molecule has 104 valence electrons. The number of primary amides is 1. The summed E-state index contributed by atoms with van der Waals surface area (Å²) in [5.74, 6) is -1.55. The van der Waals surface area contributed by atoms with Crippen molar-refractivity contribution in [2.24, 2.45) is 5.73 Å². The molecule has 1 aromatic heterocycles. The third-order valence-electron chi connectivity index (χ3n) is 2.77. The van der Waals surface area contributed by atoms with Crippen LogP contribution in [0.25, 0.3) is 0 Å². The number of hydrogen-bond donors (Lipinski definition) is 2. The molecule has 0 atom stereocenters. The smallest absolute Gasteiger partial charge is 0.337 e. The van der Waals surface area contributed by atoms with Gasteiger partial charge in [-0.2, -0.15) is 0 Å². The van der Waals surface area contributed by atoms with Crippen LogP contribution in [0.5, 0.6) is 0 Å². The minimum Gasteiger partial charge on any atom is -0.478 e. The van der Waals surface area contributed by atoms with E-state index in [4.69, 9.17) is 22.4 Å². The van der Waals surface area contributed by atoms with Crippen LogP contribution in [0, 0.1) is 0 Å². The molecule has 1 aromatic carbocycles. The van der Waals surface area contributed by atoms with Crippen molar-refractivity contribution in [3.8, 4) is 0 Å². The number of halogens is 2. The molecule has 0 aliphatic carbocycles. The summed E-state index contributed by atoms with van der Waals surface area (Å²) in [6.07, 6.45) is 1.50. The van der Waals surface area contributed by atoms with E-state index >= 15 is 0 Å².